The summed E-state index contributed by atoms with van der Waals surface area (Å²) in [5.41, 5.74) is 3.30. The van der Waals surface area contributed by atoms with Crippen LogP contribution >= 0.6 is 0 Å². The Morgan fingerprint density at radius 1 is 1.19 bits per heavy atom. The highest BCUT2D eigenvalue weighted by atomic mass is 19.4. The number of aromatic amines is 1. The molecule has 0 bridgehead atoms. The average molecular weight is 290 g/mol. The van der Waals surface area contributed by atoms with Crippen LogP contribution in [0.25, 0.3) is 22.2 Å². The summed E-state index contributed by atoms with van der Waals surface area (Å²) in [7, 11) is 0. The summed E-state index contributed by atoms with van der Waals surface area (Å²) in [6.45, 7) is 1.92. The number of ether oxygens (including phenoxy) is 1. The first-order valence-electron chi connectivity index (χ1n) is 6.28. The highest BCUT2D eigenvalue weighted by Gasteiger charge is 2.31. The van der Waals surface area contributed by atoms with Crippen molar-refractivity contribution in [2.45, 2.75) is 13.3 Å². The first-order valence-corrected chi connectivity index (χ1v) is 6.28. The van der Waals surface area contributed by atoms with Gasteiger partial charge in [-0.05, 0) is 42.8 Å². The van der Waals surface area contributed by atoms with Gasteiger partial charge < -0.3 is 9.72 Å². The van der Waals surface area contributed by atoms with Gasteiger partial charge in [-0.3, -0.25) is 0 Å². The second-order valence-corrected chi connectivity index (χ2v) is 4.67. The molecule has 3 aromatic rings. The third-order valence-corrected chi connectivity index (χ3v) is 3.26. The Labute approximate surface area is 119 Å². The molecule has 0 fully saturated rings. The molecule has 1 aromatic heterocycles. The van der Waals surface area contributed by atoms with Crippen molar-refractivity contribution in [2.24, 2.45) is 0 Å². The van der Waals surface area contributed by atoms with Gasteiger partial charge in [0.15, 0.2) is 0 Å². The fraction of sp³-hybridized carbons (Fsp3) is 0.125. The van der Waals surface area contributed by atoms with E-state index in [0.717, 1.165) is 22.2 Å². The Kier molecular flexibility index (Phi) is 3.12. The molecule has 0 unspecified atom stereocenters. The Hall–Kier alpha value is -2.43. The van der Waals surface area contributed by atoms with Crippen LogP contribution in [-0.2, 0) is 0 Å². The normalized spacial score (nSPS) is 11.8. The number of halogens is 3. The Balaban J connectivity index is 2.06. The molecule has 0 saturated heterocycles. The van der Waals surface area contributed by atoms with Crippen molar-refractivity contribution in [2.75, 3.05) is 0 Å². The number of aromatic nitrogens is 1. The standard InChI is InChI=1S/C16H11F3NO/c1-10-13-7-2-3-8-14(13)20-15(10)11-5-4-6-12(9-11)21-16(17,18)19/h3-9,20H,1H3. The number of benzene rings is 2. The zero-order valence-corrected chi connectivity index (χ0v) is 11.1. The summed E-state index contributed by atoms with van der Waals surface area (Å²) in [6, 6.07) is 14.4. The van der Waals surface area contributed by atoms with Gasteiger partial charge in [0.25, 0.3) is 0 Å². The van der Waals surface area contributed by atoms with Crippen molar-refractivity contribution in [1.82, 2.24) is 4.98 Å². The SMILES string of the molecule is Cc1c(-c2cccc(OC(F)(F)F)c2)[nH]c2cc[c]cc12. The van der Waals surface area contributed by atoms with Crippen LogP contribution in [0.15, 0.2) is 42.5 Å². The summed E-state index contributed by atoms with van der Waals surface area (Å²) in [5.74, 6) is -0.232. The molecule has 1 radical (unpaired) electrons. The lowest BCUT2D eigenvalue weighted by Crippen LogP contribution is -2.17. The number of fused-ring (bicyclic) bond motifs is 1. The molecule has 21 heavy (non-hydrogen) atoms. The zero-order valence-electron chi connectivity index (χ0n) is 11.1. The Bertz CT molecular complexity index is 790. The minimum absolute atomic E-state index is 0.232. The maximum atomic E-state index is 12.3. The number of hydrogen-bond donors (Lipinski definition) is 1. The van der Waals surface area contributed by atoms with E-state index in [9.17, 15) is 13.2 Å². The van der Waals surface area contributed by atoms with Gasteiger partial charge >= 0.3 is 6.36 Å². The first-order chi connectivity index (χ1) is 9.94. The van der Waals surface area contributed by atoms with Crippen molar-refractivity contribution in [3.05, 3.63) is 54.1 Å². The third kappa shape index (κ3) is 2.72. The van der Waals surface area contributed by atoms with Gasteiger partial charge in [0.1, 0.15) is 5.75 Å². The van der Waals surface area contributed by atoms with Crippen LogP contribution in [0.1, 0.15) is 5.56 Å². The van der Waals surface area contributed by atoms with Gasteiger partial charge in [-0.15, -0.1) is 13.2 Å². The Morgan fingerprint density at radius 2 is 2.00 bits per heavy atom. The largest absolute Gasteiger partial charge is 0.573 e. The van der Waals surface area contributed by atoms with Crippen molar-refractivity contribution in [3.8, 4) is 17.0 Å². The molecule has 5 heteroatoms. The molecule has 107 valence electrons. The fourth-order valence-electron chi connectivity index (χ4n) is 2.35. The van der Waals surface area contributed by atoms with E-state index in [-0.39, 0.29) is 5.75 Å². The van der Waals surface area contributed by atoms with E-state index in [1.165, 1.54) is 18.2 Å². The number of rotatable bonds is 2. The molecule has 0 spiro atoms. The highest BCUT2D eigenvalue weighted by Crippen LogP contribution is 2.32. The van der Waals surface area contributed by atoms with E-state index in [0.29, 0.717) is 5.56 Å². The second-order valence-electron chi connectivity index (χ2n) is 4.67. The maximum Gasteiger partial charge on any atom is 0.573 e. The quantitative estimate of drug-likeness (QED) is 0.717. The van der Waals surface area contributed by atoms with Gasteiger partial charge in [0, 0.05) is 22.2 Å². The molecule has 0 amide bonds. The molecule has 0 aliphatic heterocycles. The fourth-order valence-corrected chi connectivity index (χ4v) is 2.35. The molecule has 2 nitrogen and oxygen atoms in total. The lowest BCUT2D eigenvalue weighted by atomic mass is 10.1. The number of nitrogens with one attached hydrogen (secondary N) is 1. The summed E-state index contributed by atoms with van der Waals surface area (Å²) in [6.07, 6.45) is -4.69. The molecule has 3 rings (SSSR count). The smallest absolute Gasteiger partial charge is 0.406 e. The van der Waals surface area contributed by atoms with Gasteiger partial charge in [-0.25, -0.2) is 0 Å². The van der Waals surface area contributed by atoms with E-state index in [4.69, 9.17) is 0 Å². The molecular weight excluding hydrogens is 279 g/mol. The number of alkyl halides is 3. The zero-order chi connectivity index (χ0) is 15.0. The van der Waals surface area contributed by atoms with Crippen LogP contribution in [-0.4, -0.2) is 11.3 Å². The summed E-state index contributed by atoms with van der Waals surface area (Å²) in [5, 5.41) is 0.995. The van der Waals surface area contributed by atoms with Crippen molar-refractivity contribution >= 4 is 10.9 Å². The lowest BCUT2D eigenvalue weighted by Gasteiger charge is -2.10. The van der Waals surface area contributed by atoms with Crippen LogP contribution in [0.5, 0.6) is 5.75 Å². The summed E-state index contributed by atoms with van der Waals surface area (Å²) < 4.78 is 40.8. The van der Waals surface area contributed by atoms with Crippen LogP contribution in [0.4, 0.5) is 13.2 Å². The van der Waals surface area contributed by atoms with Crippen LogP contribution in [0.3, 0.4) is 0 Å². The summed E-state index contributed by atoms with van der Waals surface area (Å²) in [4.78, 5) is 3.21. The summed E-state index contributed by atoms with van der Waals surface area (Å²) >= 11 is 0. The van der Waals surface area contributed by atoms with E-state index >= 15 is 0 Å². The van der Waals surface area contributed by atoms with Gasteiger partial charge in [-0.1, -0.05) is 18.2 Å². The minimum atomic E-state index is -4.69. The average Bonchev–Trinajstić information content (AvgIpc) is 2.75. The highest BCUT2D eigenvalue weighted by molar-refractivity contribution is 5.90. The second kappa shape index (κ2) is 4.84. The maximum absolute atomic E-state index is 12.3. The van der Waals surface area contributed by atoms with E-state index < -0.39 is 6.36 Å². The lowest BCUT2D eigenvalue weighted by molar-refractivity contribution is -0.274. The molecule has 1 N–H and O–H groups in total. The number of H-pyrrole nitrogens is 1. The van der Waals surface area contributed by atoms with Crippen molar-refractivity contribution < 1.29 is 17.9 Å². The molecule has 0 aliphatic carbocycles. The van der Waals surface area contributed by atoms with E-state index in [2.05, 4.69) is 15.8 Å². The third-order valence-electron chi connectivity index (χ3n) is 3.26. The number of aryl methyl sites for hydroxylation is 1. The van der Waals surface area contributed by atoms with Crippen LogP contribution in [0.2, 0.25) is 0 Å². The predicted octanol–water partition coefficient (Wildman–Crippen LogP) is 4.84. The molecule has 0 atom stereocenters. The van der Waals surface area contributed by atoms with Crippen LogP contribution in [0, 0.1) is 13.0 Å². The van der Waals surface area contributed by atoms with E-state index in [1.54, 1.807) is 12.1 Å². The van der Waals surface area contributed by atoms with E-state index in [1.807, 2.05) is 19.1 Å². The van der Waals surface area contributed by atoms with Crippen molar-refractivity contribution in [3.63, 3.8) is 0 Å². The molecule has 1 heterocycles. The molecular formula is C16H11F3NO. The monoisotopic (exact) mass is 290 g/mol. The van der Waals surface area contributed by atoms with Crippen molar-refractivity contribution in [1.29, 1.82) is 0 Å². The van der Waals surface area contributed by atoms with Gasteiger partial charge in [-0.2, -0.15) is 0 Å². The number of hydrogen-bond acceptors (Lipinski definition) is 1. The first kappa shape index (κ1) is 13.5. The molecule has 0 aliphatic rings. The molecule has 0 saturated carbocycles. The predicted molar refractivity (Wildman–Crippen MR) is 74.0 cm³/mol. The van der Waals surface area contributed by atoms with Crippen LogP contribution < -0.4 is 4.74 Å². The minimum Gasteiger partial charge on any atom is -0.406 e. The Morgan fingerprint density at radius 3 is 2.71 bits per heavy atom. The van der Waals surface area contributed by atoms with Gasteiger partial charge in [0.2, 0.25) is 0 Å². The topological polar surface area (TPSA) is 25.0 Å². The van der Waals surface area contributed by atoms with Gasteiger partial charge in [0.05, 0.1) is 0 Å². The molecule has 2 aromatic carbocycles.